The fourth-order valence-electron chi connectivity index (χ4n) is 2.48. The zero-order chi connectivity index (χ0) is 15.4. The molecule has 1 saturated heterocycles. The zero-order valence-corrected chi connectivity index (χ0v) is 14.1. The minimum absolute atomic E-state index is 0.223. The van der Waals surface area contributed by atoms with E-state index in [1.54, 1.807) is 30.0 Å². The second-order valence-electron chi connectivity index (χ2n) is 4.86. The van der Waals surface area contributed by atoms with Gasteiger partial charge in [-0.25, -0.2) is 4.79 Å². The lowest BCUT2D eigenvalue weighted by Gasteiger charge is -2.34. The molecule has 1 fully saturated rings. The Morgan fingerprint density at radius 1 is 1.43 bits per heavy atom. The molecule has 1 atom stereocenters. The van der Waals surface area contributed by atoms with Crippen molar-refractivity contribution in [2.24, 2.45) is 0 Å². The number of halogens is 2. The first-order chi connectivity index (χ1) is 10.1. The van der Waals surface area contributed by atoms with Crippen molar-refractivity contribution in [3.05, 3.63) is 33.3 Å². The van der Waals surface area contributed by atoms with Crippen LogP contribution in [0.15, 0.2) is 22.7 Å². The smallest absolute Gasteiger partial charge is 0.328 e. The van der Waals surface area contributed by atoms with Crippen LogP contribution >= 0.6 is 27.5 Å². The number of ether oxygens (including phenoxy) is 1. The predicted molar refractivity (Wildman–Crippen MR) is 84.5 cm³/mol. The van der Waals surface area contributed by atoms with Gasteiger partial charge in [-0.1, -0.05) is 17.7 Å². The quantitative estimate of drug-likeness (QED) is 0.759. The molecule has 114 valence electrons. The van der Waals surface area contributed by atoms with Crippen molar-refractivity contribution >= 4 is 39.4 Å². The number of carbonyl (C=O) groups is 2. The SMILES string of the molecule is CCOC(=O)C1CCCCN1C(=O)c1cccc(Br)c1Cl. The maximum atomic E-state index is 12.7. The summed E-state index contributed by atoms with van der Waals surface area (Å²) >= 11 is 9.50. The number of carbonyl (C=O) groups excluding carboxylic acids is 2. The summed E-state index contributed by atoms with van der Waals surface area (Å²) in [6.45, 7) is 2.62. The summed E-state index contributed by atoms with van der Waals surface area (Å²) in [5.74, 6) is -0.560. The van der Waals surface area contributed by atoms with Crippen molar-refractivity contribution in [2.75, 3.05) is 13.2 Å². The maximum absolute atomic E-state index is 12.7. The molecule has 0 radical (unpaired) electrons. The second kappa shape index (κ2) is 7.27. The highest BCUT2D eigenvalue weighted by Crippen LogP contribution is 2.29. The van der Waals surface area contributed by atoms with Crippen LogP contribution in [0.2, 0.25) is 5.02 Å². The molecule has 0 spiro atoms. The summed E-state index contributed by atoms with van der Waals surface area (Å²) in [4.78, 5) is 26.3. The average molecular weight is 375 g/mol. The molecule has 0 aromatic heterocycles. The van der Waals surface area contributed by atoms with Gasteiger partial charge in [0.15, 0.2) is 0 Å². The topological polar surface area (TPSA) is 46.6 Å². The Kier molecular flexibility index (Phi) is 5.65. The molecule has 0 bridgehead atoms. The fourth-order valence-corrected chi connectivity index (χ4v) is 3.05. The van der Waals surface area contributed by atoms with E-state index in [1.165, 1.54) is 0 Å². The van der Waals surface area contributed by atoms with Crippen molar-refractivity contribution in [3.63, 3.8) is 0 Å². The van der Waals surface area contributed by atoms with Gasteiger partial charge in [0.05, 0.1) is 17.2 Å². The number of amides is 1. The molecule has 21 heavy (non-hydrogen) atoms. The predicted octanol–water partition coefficient (Wildman–Crippen LogP) is 3.66. The molecule has 1 aliphatic heterocycles. The molecule has 1 aromatic carbocycles. The molecule has 1 aromatic rings. The summed E-state index contributed by atoms with van der Waals surface area (Å²) in [6.07, 6.45) is 2.43. The number of likely N-dealkylation sites (tertiary alicyclic amines) is 1. The van der Waals surface area contributed by atoms with Crippen LogP contribution in [0, 0.1) is 0 Å². The van der Waals surface area contributed by atoms with Crippen LogP contribution < -0.4 is 0 Å². The van der Waals surface area contributed by atoms with Gasteiger partial charge in [-0.2, -0.15) is 0 Å². The fraction of sp³-hybridized carbons (Fsp3) is 0.467. The van der Waals surface area contributed by atoms with Gasteiger partial charge in [-0.3, -0.25) is 4.79 Å². The third-order valence-corrected chi connectivity index (χ3v) is 4.80. The van der Waals surface area contributed by atoms with Gasteiger partial charge in [0, 0.05) is 11.0 Å². The minimum atomic E-state index is -0.513. The number of rotatable bonds is 3. The summed E-state index contributed by atoms with van der Waals surface area (Å²) in [6, 6.07) is 4.69. The number of hydrogen-bond acceptors (Lipinski definition) is 3. The Labute approximate surface area is 137 Å². The minimum Gasteiger partial charge on any atom is -0.464 e. The van der Waals surface area contributed by atoms with E-state index in [0.29, 0.717) is 34.6 Å². The van der Waals surface area contributed by atoms with E-state index < -0.39 is 6.04 Å². The van der Waals surface area contributed by atoms with Gasteiger partial charge in [-0.05, 0) is 54.2 Å². The van der Waals surface area contributed by atoms with Gasteiger partial charge < -0.3 is 9.64 Å². The van der Waals surface area contributed by atoms with Crippen LogP contribution in [0.4, 0.5) is 0 Å². The highest BCUT2D eigenvalue weighted by atomic mass is 79.9. The van der Waals surface area contributed by atoms with Crippen molar-refractivity contribution in [1.82, 2.24) is 4.90 Å². The van der Waals surface area contributed by atoms with Gasteiger partial charge in [0.1, 0.15) is 6.04 Å². The van der Waals surface area contributed by atoms with Gasteiger partial charge in [0.25, 0.3) is 5.91 Å². The summed E-state index contributed by atoms with van der Waals surface area (Å²) < 4.78 is 5.74. The van der Waals surface area contributed by atoms with Crippen LogP contribution in [-0.4, -0.2) is 36.0 Å². The molecule has 0 saturated carbocycles. The summed E-state index contributed by atoms with van der Waals surface area (Å²) in [5.41, 5.74) is 0.405. The number of piperidine rings is 1. The van der Waals surface area contributed by atoms with Crippen molar-refractivity contribution in [1.29, 1.82) is 0 Å². The third kappa shape index (κ3) is 3.58. The van der Waals surface area contributed by atoms with Crippen LogP contribution in [-0.2, 0) is 9.53 Å². The van der Waals surface area contributed by atoms with Crippen molar-refractivity contribution < 1.29 is 14.3 Å². The Balaban J connectivity index is 2.26. The van der Waals surface area contributed by atoms with Gasteiger partial charge >= 0.3 is 5.97 Å². The lowest BCUT2D eigenvalue weighted by Crippen LogP contribution is -2.48. The Morgan fingerprint density at radius 3 is 2.90 bits per heavy atom. The van der Waals surface area contributed by atoms with E-state index in [2.05, 4.69) is 15.9 Å². The highest BCUT2D eigenvalue weighted by molar-refractivity contribution is 9.10. The molecule has 6 heteroatoms. The van der Waals surface area contributed by atoms with Crippen LogP contribution in [0.1, 0.15) is 36.5 Å². The van der Waals surface area contributed by atoms with Crippen molar-refractivity contribution in [2.45, 2.75) is 32.2 Å². The molecule has 1 unspecified atom stereocenters. The number of esters is 1. The highest BCUT2D eigenvalue weighted by Gasteiger charge is 2.34. The van der Waals surface area contributed by atoms with Crippen LogP contribution in [0.5, 0.6) is 0 Å². The Bertz CT molecular complexity index is 550. The third-order valence-electron chi connectivity index (χ3n) is 3.50. The normalized spacial score (nSPS) is 18.4. The van der Waals surface area contributed by atoms with E-state index in [4.69, 9.17) is 16.3 Å². The molecule has 4 nitrogen and oxygen atoms in total. The first-order valence-electron chi connectivity index (χ1n) is 6.98. The summed E-state index contributed by atoms with van der Waals surface area (Å²) in [5, 5.41) is 0.371. The maximum Gasteiger partial charge on any atom is 0.328 e. The van der Waals surface area contributed by atoms with Crippen molar-refractivity contribution in [3.8, 4) is 0 Å². The molecule has 0 aliphatic carbocycles. The van der Waals surface area contributed by atoms with Gasteiger partial charge in [-0.15, -0.1) is 0 Å². The lowest BCUT2D eigenvalue weighted by molar-refractivity contribution is -0.149. The van der Waals surface area contributed by atoms with E-state index in [1.807, 2.05) is 0 Å². The molecule has 0 N–H and O–H groups in total. The van der Waals surface area contributed by atoms with E-state index in [-0.39, 0.29) is 11.9 Å². The lowest BCUT2D eigenvalue weighted by atomic mass is 10.0. The summed E-state index contributed by atoms with van der Waals surface area (Å²) in [7, 11) is 0. The zero-order valence-electron chi connectivity index (χ0n) is 11.8. The molecule has 1 heterocycles. The van der Waals surface area contributed by atoms with E-state index >= 15 is 0 Å². The first-order valence-corrected chi connectivity index (χ1v) is 8.15. The molecular formula is C15H17BrClNO3. The number of benzene rings is 1. The number of hydrogen-bond donors (Lipinski definition) is 0. The standard InChI is InChI=1S/C15H17BrClNO3/c1-2-21-15(20)12-8-3-4-9-18(12)14(19)10-6-5-7-11(16)13(10)17/h5-7,12H,2-4,8-9H2,1H3. The molecule has 2 rings (SSSR count). The molecule has 1 aliphatic rings. The van der Waals surface area contributed by atoms with Gasteiger partial charge in [0.2, 0.25) is 0 Å². The Morgan fingerprint density at radius 2 is 2.19 bits per heavy atom. The van der Waals surface area contributed by atoms with Crippen LogP contribution in [0.25, 0.3) is 0 Å². The monoisotopic (exact) mass is 373 g/mol. The molecule has 1 amide bonds. The first kappa shape index (κ1) is 16.3. The Hall–Kier alpha value is -1.07. The average Bonchev–Trinajstić information content (AvgIpc) is 2.49. The second-order valence-corrected chi connectivity index (χ2v) is 6.10. The molecular weight excluding hydrogens is 358 g/mol. The largest absolute Gasteiger partial charge is 0.464 e. The number of nitrogens with zero attached hydrogens (tertiary/aromatic N) is 1. The van der Waals surface area contributed by atoms with Crippen LogP contribution in [0.3, 0.4) is 0 Å². The van der Waals surface area contributed by atoms with E-state index in [9.17, 15) is 9.59 Å². The van der Waals surface area contributed by atoms with E-state index in [0.717, 1.165) is 12.8 Å².